The molecule has 0 radical (unpaired) electrons. The third-order valence-electron chi connectivity index (χ3n) is 2.65. The van der Waals surface area contributed by atoms with Crippen LogP contribution in [0.2, 0.25) is 15.1 Å². The monoisotopic (exact) mass is 304 g/mol. The highest BCUT2D eigenvalue weighted by Gasteiger charge is 2.19. The summed E-state index contributed by atoms with van der Waals surface area (Å²) >= 11 is 17.8. The zero-order chi connectivity index (χ0) is 13.3. The van der Waals surface area contributed by atoms with Gasteiger partial charge in [-0.3, -0.25) is 4.68 Å². The minimum absolute atomic E-state index is 0.395. The van der Waals surface area contributed by atoms with Crippen molar-refractivity contribution in [1.29, 1.82) is 0 Å². The SMILES string of the molecule is CCn1ncc(Cl)c1C(O)c1ccc(Cl)c(Cl)c1. The van der Waals surface area contributed by atoms with E-state index in [1.165, 1.54) is 6.20 Å². The third-order valence-corrected chi connectivity index (χ3v) is 3.68. The molecule has 0 aliphatic carbocycles. The Bertz CT molecular complexity index is 568. The van der Waals surface area contributed by atoms with Gasteiger partial charge in [0.25, 0.3) is 0 Å². The normalized spacial score (nSPS) is 12.7. The fourth-order valence-electron chi connectivity index (χ4n) is 1.74. The fourth-order valence-corrected chi connectivity index (χ4v) is 2.29. The molecule has 1 atom stereocenters. The second kappa shape index (κ2) is 5.49. The van der Waals surface area contributed by atoms with Crippen molar-refractivity contribution >= 4 is 34.8 Å². The lowest BCUT2D eigenvalue weighted by molar-refractivity contribution is 0.208. The lowest BCUT2D eigenvalue weighted by Gasteiger charge is -2.14. The third kappa shape index (κ3) is 2.50. The minimum Gasteiger partial charge on any atom is -0.382 e. The number of aliphatic hydroxyl groups excluding tert-OH is 1. The predicted octanol–water partition coefficient (Wildman–Crippen LogP) is 3.94. The quantitative estimate of drug-likeness (QED) is 0.932. The van der Waals surface area contributed by atoms with Gasteiger partial charge in [-0.2, -0.15) is 5.10 Å². The maximum atomic E-state index is 10.3. The molecule has 1 heterocycles. The molecule has 1 aromatic carbocycles. The van der Waals surface area contributed by atoms with E-state index in [1.807, 2.05) is 6.92 Å². The van der Waals surface area contributed by atoms with E-state index in [2.05, 4.69) is 5.10 Å². The van der Waals surface area contributed by atoms with E-state index < -0.39 is 6.10 Å². The van der Waals surface area contributed by atoms with Crippen LogP contribution in [0.3, 0.4) is 0 Å². The van der Waals surface area contributed by atoms with Gasteiger partial charge in [-0.15, -0.1) is 0 Å². The van der Waals surface area contributed by atoms with E-state index in [1.54, 1.807) is 22.9 Å². The molecule has 0 aliphatic rings. The molecular formula is C12H11Cl3N2O. The van der Waals surface area contributed by atoms with Gasteiger partial charge in [-0.05, 0) is 24.6 Å². The molecular weight excluding hydrogens is 295 g/mol. The number of hydrogen-bond acceptors (Lipinski definition) is 2. The van der Waals surface area contributed by atoms with E-state index in [0.29, 0.717) is 32.9 Å². The van der Waals surface area contributed by atoms with Crippen LogP contribution in [0.5, 0.6) is 0 Å². The Kier molecular flexibility index (Phi) is 4.17. The highest BCUT2D eigenvalue weighted by Crippen LogP contribution is 2.31. The summed E-state index contributed by atoms with van der Waals surface area (Å²) in [6.45, 7) is 2.55. The Morgan fingerprint density at radius 3 is 2.56 bits per heavy atom. The van der Waals surface area contributed by atoms with Crippen LogP contribution in [0.15, 0.2) is 24.4 Å². The zero-order valence-electron chi connectivity index (χ0n) is 9.57. The van der Waals surface area contributed by atoms with Gasteiger partial charge < -0.3 is 5.11 Å². The minimum atomic E-state index is -0.880. The van der Waals surface area contributed by atoms with E-state index in [0.717, 1.165) is 0 Å². The van der Waals surface area contributed by atoms with Gasteiger partial charge in [0.1, 0.15) is 6.10 Å². The van der Waals surface area contributed by atoms with Crippen LogP contribution in [0, 0.1) is 0 Å². The topological polar surface area (TPSA) is 38.0 Å². The first-order chi connectivity index (χ1) is 8.54. The highest BCUT2D eigenvalue weighted by molar-refractivity contribution is 6.42. The van der Waals surface area contributed by atoms with Crippen LogP contribution in [0.25, 0.3) is 0 Å². The predicted molar refractivity (Wildman–Crippen MR) is 73.4 cm³/mol. The Morgan fingerprint density at radius 1 is 1.22 bits per heavy atom. The largest absolute Gasteiger partial charge is 0.382 e. The second-order valence-electron chi connectivity index (χ2n) is 3.77. The smallest absolute Gasteiger partial charge is 0.122 e. The first-order valence-corrected chi connectivity index (χ1v) is 6.52. The number of rotatable bonds is 3. The van der Waals surface area contributed by atoms with Gasteiger partial charge >= 0.3 is 0 Å². The van der Waals surface area contributed by atoms with Crippen LogP contribution < -0.4 is 0 Å². The van der Waals surface area contributed by atoms with Crippen LogP contribution >= 0.6 is 34.8 Å². The van der Waals surface area contributed by atoms with Crippen molar-refractivity contribution in [2.75, 3.05) is 0 Å². The molecule has 0 fully saturated rings. The fraction of sp³-hybridized carbons (Fsp3) is 0.250. The molecule has 1 N–H and O–H groups in total. The summed E-state index contributed by atoms with van der Waals surface area (Å²) in [5.74, 6) is 0. The van der Waals surface area contributed by atoms with Crippen molar-refractivity contribution < 1.29 is 5.11 Å². The number of halogens is 3. The Morgan fingerprint density at radius 2 is 1.94 bits per heavy atom. The summed E-state index contributed by atoms with van der Waals surface area (Å²) in [5.41, 5.74) is 1.18. The van der Waals surface area contributed by atoms with E-state index in [4.69, 9.17) is 34.8 Å². The molecule has 1 unspecified atom stereocenters. The summed E-state index contributed by atoms with van der Waals surface area (Å²) in [7, 11) is 0. The van der Waals surface area contributed by atoms with E-state index in [9.17, 15) is 5.11 Å². The molecule has 2 aromatic rings. The molecule has 2 rings (SSSR count). The van der Waals surface area contributed by atoms with Crippen LogP contribution in [0.1, 0.15) is 24.3 Å². The summed E-state index contributed by atoms with van der Waals surface area (Å²) in [6.07, 6.45) is 0.635. The standard InChI is InChI=1S/C12H11Cl3N2O/c1-2-17-11(10(15)6-16-17)12(18)7-3-4-8(13)9(14)5-7/h3-6,12,18H,2H2,1H3. The number of hydrogen-bond donors (Lipinski definition) is 1. The molecule has 0 saturated heterocycles. The van der Waals surface area contributed by atoms with Gasteiger partial charge in [-0.25, -0.2) is 0 Å². The van der Waals surface area contributed by atoms with Crippen LogP contribution in [0.4, 0.5) is 0 Å². The molecule has 6 heteroatoms. The highest BCUT2D eigenvalue weighted by atomic mass is 35.5. The Hall–Kier alpha value is -0.740. The van der Waals surface area contributed by atoms with Crippen LogP contribution in [-0.2, 0) is 6.54 Å². The summed E-state index contributed by atoms with van der Waals surface area (Å²) < 4.78 is 1.65. The van der Waals surface area contributed by atoms with Crippen molar-refractivity contribution in [2.24, 2.45) is 0 Å². The lowest BCUT2D eigenvalue weighted by Crippen LogP contribution is -2.09. The number of aliphatic hydroxyl groups is 1. The Labute approximate surface area is 120 Å². The molecule has 0 spiro atoms. The van der Waals surface area contributed by atoms with Crippen molar-refractivity contribution in [1.82, 2.24) is 9.78 Å². The molecule has 0 amide bonds. The van der Waals surface area contributed by atoms with Gasteiger partial charge in [0.15, 0.2) is 0 Å². The summed E-state index contributed by atoms with van der Waals surface area (Å²) in [4.78, 5) is 0. The first kappa shape index (κ1) is 13.7. The molecule has 0 aliphatic heterocycles. The van der Waals surface area contributed by atoms with E-state index in [-0.39, 0.29) is 0 Å². The number of aryl methyl sites for hydroxylation is 1. The summed E-state index contributed by atoms with van der Waals surface area (Å²) in [5, 5.41) is 15.7. The van der Waals surface area contributed by atoms with Crippen molar-refractivity contribution in [2.45, 2.75) is 19.6 Å². The molecule has 1 aromatic heterocycles. The number of aromatic nitrogens is 2. The van der Waals surface area contributed by atoms with Gasteiger partial charge in [-0.1, -0.05) is 40.9 Å². The lowest BCUT2D eigenvalue weighted by atomic mass is 10.1. The van der Waals surface area contributed by atoms with Gasteiger partial charge in [0.05, 0.1) is 27.0 Å². The van der Waals surface area contributed by atoms with Gasteiger partial charge in [0, 0.05) is 6.54 Å². The average molecular weight is 306 g/mol. The first-order valence-electron chi connectivity index (χ1n) is 5.38. The molecule has 0 saturated carbocycles. The number of benzene rings is 1. The van der Waals surface area contributed by atoms with E-state index >= 15 is 0 Å². The maximum Gasteiger partial charge on any atom is 0.122 e. The zero-order valence-corrected chi connectivity index (χ0v) is 11.8. The van der Waals surface area contributed by atoms with Crippen LogP contribution in [-0.4, -0.2) is 14.9 Å². The van der Waals surface area contributed by atoms with Crippen molar-refractivity contribution in [3.05, 3.63) is 50.7 Å². The second-order valence-corrected chi connectivity index (χ2v) is 4.99. The molecule has 0 bridgehead atoms. The molecule has 96 valence electrons. The summed E-state index contributed by atoms with van der Waals surface area (Å²) in [6, 6.07) is 4.98. The average Bonchev–Trinajstić information content (AvgIpc) is 2.73. The van der Waals surface area contributed by atoms with Crippen molar-refractivity contribution in [3.63, 3.8) is 0 Å². The van der Waals surface area contributed by atoms with Crippen molar-refractivity contribution in [3.8, 4) is 0 Å². The Balaban J connectivity index is 2.44. The molecule has 18 heavy (non-hydrogen) atoms. The number of nitrogens with zero attached hydrogens (tertiary/aromatic N) is 2. The maximum absolute atomic E-state index is 10.3. The molecule has 3 nitrogen and oxygen atoms in total. The van der Waals surface area contributed by atoms with Gasteiger partial charge in [0.2, 0.25) is 0 Å².